The quantitative estimate of drug-likeness (QED) is 0.0859. The molecule has 1 aliphatic heterocycles. The highest BCUT2D eigenvalue weighted by Gasteiger charge is 2.50. The molecule has 248 valence electrons. The van der Waals surface area contributed by atoms with Crippen LogP contribution in [0.25, 0.3) is 0 Å². The molecule has 1 aliphatic rings. The molecule has 0 amide bonds. The number of hydrogen-bond acceptors (Lipinski definition) is 6. The number of aromatic nitrogens is 1. The summed E-state index contributed by atoms with van der Waals surface area (Å²) in [5, 5.41) is 3.37. The number of Topliss-reactive ketones (excluding diaryl/α,β-unsaturated/α-hetero) is 1. The average Bonchev–Trinajstić information content (AvgIpc) is 3.43. The number of rotatable bonds is 11. The summed E-state index contributed by atoms with van der Waals surface area (Å²) in [4.78, 5) is 34.3. The molecule has 0 saturated carbocycles. The van der Waals surface area contributed by atoms with Crippen LogP contribution in [0.4, 0.5) is 17.2 Å². The molecule has 6 nitrogen and oxygen atoms in total. The van der Waals surface area contributed by atoms with E-state index in [-0.39, 0.29) is 0 Å². The largest absolute Gasteiger partial charge is 0.346 e. The van der Waals surface area contributed by atoms with E-state index >= 15 is 0 Å². The summed E-state index contributed by atoms with van der Waals surface area (Å²) >= 11 is 0. The second kappa shape index (κ2) is 13.9. The molecule has 0 radical (unpaired) electrons. The van der Waals surface area contributed by atoms with E-state index in [1.165, 1.54) is 0 Å². The standard InChI is InChI=1S/C44H40N4O2/c1-43(2)42(40(50)31-49)48(32-47(43)30-33-27-28-45-41(29-33)46-38-21-13-6-14-22-38)39-25-23-37(24-26-39)44(34-15-7-3-8-16-34,35-17-9-4-10-18-35)36-19-11-5-12-20-36/h3-29,31,42H,30,32H2,1-2H3,(H,45,46). The maximum absolute atomic E-state index is 13.4. The molecule has 6 heteroatoms. The van der Waals surface area contributed by atoms with Crippen molar-refractivity contribution in [2.75, 3.05) is 16.9 Å². The maximum atomic E-state index is 13.4. The molecule has 1 unspecified atom stereocenters. The van der Waals surface area contributed by atoms with E-state index in [9.17, 15) is 9.59 Å². The first-order valence-corrected chi connectivity index (χ1v) is 17.0. The summed E-state index contributed by atoms with van der Waals surface area (Å²) in [5.41, 5.74) is 6.27. The van der Waals surface area contributed by atoms with Crippen LogP contribution in [-0.4, -0.2) is 40.2 Å². The Bertz CT molecular complexity index is 1950. The van der Waals surface area contributed by atoms with Crippen molar-refractivity contribution >= 4 is 29.3 Å². The van der Waals surface area contributed by atoms with Crippen molar-refractivity contribution in [2.24, 2.45) is 0 Å². The minimum absolute atomic E-state index is 0.435. The molecule has 1 fully saturated rings. The van der Waals surface area contributed by atoms with E-state index in [4.69, 9.17) is 0 Å². The van der Waals surface area contributed by atoms with Gasteiger partial charge in [0.15, 0.2) is 6.29 Å². The van der Waals surface area contributed by atoms with Crippen LogP contribution in [0, 0.1) is 0 Å². The predicted molar refractivity (Wildman–Crippen MR) is 201 cm³/mol. The van der Waals surface area contributed by atoms with Gasteiger partial charge in [0.25, 0.3) is 0 Å². The minimum atomic E-state index is -0.656. The third-order valence-electron chi connectivity index (χ3n) is 10.0. The van der Waals surface area contributed by atoms with Crippen LogP contribution in [0.1, 0.15) is 41.7 Å². The Morgan fingerprint density at radius 1 is 0.740 bits per heavy atom. The number of ketones is 1. The molecular formula is C44H40N4O2. The minimum Gasteiger partial charge on any atom is -0.346 e. The van der Waals surface area contributed by atoms with E-state index in [2.05, 4.69) is 117 Å². The van der Waals surface area contributed by atoms with E-state index in [0.717, 1.165) is 45.0 Å². The molecule has 1 N–H and O–H groups in total. The van der Waals surface area contributed by atoms with Gasteiger partial charge in [-0.05, 0) is 78.1 Å². The van der Waals surface area contributed by atoms with Gasteiger partial charge < -0.3 is 10.2 Å². The molecule has 0 bridgehead atoms. The number of para-hydroxylation sites is 1. The molecule has 1 atom stereocenters. The number of nitrogens with zero attached hydrogens (tertiary/aromatic N) is 3. The number of hydrogen-bond donors (Lipinski definition) is 1. The second-order valence-corrected chi connectivity index (χ2v) is 13.3. The summed E-state index contributed by atoms with van der Waals surface area (Å²) in [5.74, 6) is 0.312. The number of benzene rings is 5. The number of carbonyl (C=O) groups is 2. The van der Waals surface area contributed by atoms with Crippen LogP contribution in [0.2, 0.25) is 0 Å². The monoisotopic (exact) mass is 656 g/mol. The Kier molecular flexibility index (Phi) is 9.11. The van der Waals surface area contributed by atoms with E-state index in [0.29, 0.717) is 19.5 Å². The van der Waals surface area contributed by atoms with Gasteiger partial charge in [-0.15, -0.1) is 0 Å². The Labute approximate surface area is 294 Å². The number of pyridine rings is 1. The van der Waals surface area contributed by atoms with E-state index in [1.807, 2.05) is 74.5 Å². The third-order valence-corrected chi connectivity index (χ3v) is 10.0. The SMILES string of the molecule is CC1(C)C(C(=O)C=O)N(c2ccc(C(c3ccccc3)(c3ccccc3)c3ccccc3)cc2)CN1Cc1ccnc(Nc2ccccc2)c1. The predicted octanol–water partition coefficient (Wildman–Crippen LogP) is 8.40. The molecule has 7 rings (SSSR count). The van der Waals surface area contributed by atoms with E-state index < -0.39 is 22.8 Å². The van der Waals surface area contributed by atoms with Gasteiger partial charge in [-0.2, -0.15) is 0 Å². The fraction of sp³-hybridized carbons (Fsp3) is 0.159. The first-order chi connectivity index (χ1) is 24.4. The van der Waals surface area contributed by atoms with Gasteiger partial charge in [0.2, 0.25) is 5.78 Å². The summed E-state index contributed by atoms with van der Waals surface area (Å²) < 4.78 is 0. The zero-order valence-electron chi connectivity index (χ0n) is 28.3. The number of anilines is 3. The van der Waals surface area contributed by atoms with Crippen LogP contribution in [0.3, 0.4) is 0 Å². The van der Waals surface area contributed by atoms with Crippen LogP contribution >= 0.6 is 0 Å². The molecule has 6 aromatic rings. The lowest BCUT2D eigenvalue weighted by molar-refractivity contribution is -0.131. The van der Waals surface area contributed by atoms with Crippen LogP contribution in [0.15, 0.2) is 164 Å². The fourth-order valence-corrected chi connectivity index (χ4v) is 7.55. The normalized spacial score (nSPS) is 15.8. The highest BCUT2D eigenvalue weighted by atomic mass is 16.2. The molecule has 2 heterocycles. The number of aldehydes is 1. The van der Waals surface area contributed by atoms with Crippen molar-refractivity contribution < 1.29 is 9.59 Å². The Morgan fingerprint density at radius 2 is 1.24 bits per heavy atom. The zero-order valence-corrected chi connectivity index (χ0v) is 28.3. The van der Waals surface area contributed by atoms with Crippen molar-refractivity contribution in [3.63, 3.8) is 0 Å². The molecule has 0 spiro atoms. The van der Waals surface area contributed by atoms with Gasteiger partial charge in [0.1, 0.15) is 11.9 Å². The lowest BCUT2D eigenvalue weighted by Crippen LogP contribution is -2.51. The lowest BCUT2D eigenvalue weighted by atomic mass is 9.65. The molecule has 1 saturated heterocycles. The molecule has 1 aromatic heterocycles. The lowest BCUT2D eigenvalue weighted by Gasteiger charge is -2.37. The third kappa shape index (κ3) is 6.10. The van der Waals surface area contributed by atoms with Crippen LogP contribution in [0.5, 0.6) is 0 Å². The number of nitrogens with one attached hydrogen (secondary N) is 1. The first kappa shape index (κ1) is 32.7. The van der Waals surface area contributed by atoms with E-state index in [1.54, 1.807) is 6.20 Å². The highest BCUT2D eigenvalue weighted by Crippen LogP contribution is 2.46. The van der Waals surface area contributed by atoms with Crippen molar-refractivity contribution in [1.29, 1.82) is 0 Å². The summed E-state index contributed by atoms with van der Waals surface area (Å²) in [6.07, 6.45) is 2.27. The molecule has 0 aliphatic carbocycles. The van der Waals surface area contributed by atoms with Crippen molar-refractivity contribution in [2.45, 2.75) is 37.4 Å². The van der Waals surface area contributed by atoms with Gasteiger partial charge in [0.05, 0.1) is 12.1 Å². The van der Waals surface area contributed by atoms with Crippen LogP contribution in [-0.2, 0) is 21.5 Å². The zero-order chi connectivity index (χ0) is 34.6. The maximum Gasteiger partial charge on any atom is 0.219 e. The topological polar surface area (TPSA) is 65.5 Å². The van der Waals surface area contributed by atoms with Crippen molar-refractivity contribution in [1.82, 2.24) is 9.88 Å². The summed E-state index contributed by atoms with van der Waals surface area (Å²) in [6.45, 7) is 5.14. The van der Waals surface area contributed by atoms with Gasteiger partial charge in [0, 0.05) is 29.7 Å². The second-order valence-electron chi connectivity index (χ2n) is 13.3. The fourth-order valence-electron chi connectivity index (χ4n) is 7.55. The summed E-state index contributed by atoms with van der Waals surface area (Å²) in [7, 11) is 0. The van der Waals surface area contributed by atoms with Crippen molar-refractivity contribution in [3.05, 3.63) is 192 Å². The summed E-state index contributed by atoms with van der Waals surface area (Å²) in [6, 6.07) is 53.6. The van der Waals surface area contributed by atoms with Gasteiger partial charge in [-0.3, -0.25) is 14.5 Å². The number of carbonyl (C=O) groups excluding carboxylic acids is 2. The first-order valence-electron chi connectivity index (χ1n) is 17.0. The Hall–Kier alpha value is -5.85. The van der Waals surface area contributed by atoms with Gasteiger partial charge in [-0.1, -0.05) is 121 Å². The van der Waals surface area contributed by atoms with Gasteiger partial charge >= 0.3 is 0 Å². The molecule has 5 aromatic carbocycles. The molecular weight excluding hydrogens is 617 g/mol. The molecule has 50 heavy (non-hydrogen) atoms. The highest BCUT2D eigenvalue weighted by molar-refractivity contribution is 6.28. The Morgan fingerprint density at radius 3 is 1.76 bits per heavy atom. The average molecular weight is 657 g/mol. The smallest absolute Gasteiger partial charge is 0.219 e. The van der Waals surface area contributed by atoms with Gasteiger partial charge in [-0.25, -0.2) is 4.98 Å². The van der Waals surface area contributed by atoms with Crippen molar-refractivity contribution in [3.8, 4) is 0 Å². The van der Waals surface area contributed by atoms with Crippen LogP contribution < -0.4 is 10.2 Å². The Balaban J connectivity index is 1.25.